The first kappa shape index (κ1) is 14.3. The fourth-order valence-electron chi connectivity index (χ4n) is 2.54. The largest absolute Gasteiger partial charge is 0.407 e. The number of anilines is 1. The van der Waals surface area contributed by atoms with Crippen LogP contribution in [0.3, 0.4) is 0 Å². The minimum atomic E-state index is -0.593. The first-order valence-corrected chi connectivity index (χ1v) is 7.09. The van der Waals surface area contributed by atoms with Crippen LogP contribution in [0.5, 0.6) is 0 Å². The van der Waals surface area contributed by atoms with E-state index in [-0.39, 0.29) is 0 Å². The smallest absolute Gasteiger partial charge is 0.318 e. The molecule has 1 aliphatic carbocycles. The Bertz CT molecular complexity index is 388. The molecule has 0 aromatic carbocycles. The van der Waals surface area contributed by atoms with Gasteiger partial charge in [0, 0.05) is 7.05 Å². The van der Waals surface area contributed by atoms with Crippen LogP contribution in [0.1, 0.15) is 44.9 Å². The summed E-state index contributed by atoms with van der Waals surface area (Å²) in [5.74, 6) is 0.591. The lowest BCUT2D eigenvalue weighted by Crippen LogP contribution is -2.39. The number of hydrogen-bond donors (Lipinski definition) is 2. The number of rotatable bonds is 7. The Labute approximate surface area is 114 Å². The highest BCUT2D eigenvalue weighted by molar-refractivity contribution is 5.23. The molecule has 2 N–H and O–H groups in total. The van der Waals surface area contributed by atoms with Crippen molar-refractivity contribution in [3.05, 3.63) is 5.89 Å². The van der Waals surface area contributed by atoms with Gasteiger partial charge in [-0.15, -0.1) is 5.10 Å². The quantitative estimate of drug-likeness (QED) is 0.726. The molecule has 0 unspecified atom stereocenters. The summed E-state index contributed by atoms with van der Waals surface area (Å²) in [4.78, 5) is 1.85. The first-order valence-electron chi connectivity index (χ1n) is 7.09. The molecule has 1 fully saturated rings. The third-order valence-corrected chi connectivity index (χ3v) is 3.55. The van der Waals surface area contributed by atoms with Crippen LogP contribution in [-0.4, -0.2) is 41.0 Å². The highest BCUT2D eigenvalue weighted by Gasteiger charge is 2.33. The van der Waals surface area contributed by atoms with Crippen LogP contribution in [0.15, 0.2) is 4.42 Å². The molecule has 6 heteroatoms. The summed E-state index contributed by atoms with van der Waals surface area (Å²) in [6.07, 6.45) is 4.99. The minimum Gasteiger partial charge on any atom is -0.407 e. The van der Waals surface area contributed by atoms with Gasteiger partial charge in [-0.2, -0.15) is 0 Å². The van der Waals surface area contributed by atoms with Crippen LogP contribution in [0.2, 0.25) is 0 Å². The van der Waals surface area contributed by atoms with E-state index in [0.29, 0.717) is 25.0 Å². The average Bonchev–Trinajstić information content (AvgIpc) is 2.99. The third kappa shape index (κ3) is 3.91. The number of aliphatic hydroxyl groups is 1. The number of nitrogens with one attached hydrogen (secondary N) is 1. The van der Waals surface area contributed by atoms with Crippen LogP contribution in [0.4, 0.5) is 6.01 Å². The Morgan fingerprint density at radius 1 is 1.37 bits per heavy atom. The van der Waals surface area contributed by atoms with Crippen LogP contribution < -0.4 is 10.2 Å². The lowest BCUT2D eigenvalue weighted by atomic mass is 10.0. The molecule has 1 aliphatic rings. The Morgan fingerprint density at radius 3 is 2.79 bits per heavy atom. The molecule has 6 nitrogen and oxygen atoms in total. The van der Waals surface area contributed by atoms with E-state index in [2.05, 4.69) is 22.4 Å². The summed E-state index contributed by atoms with van der Waals surface area (Å²) in [6.45, 7) is 4.20. The summed E-state index contributed by atoms with van der Waals surface area (Å²) >= 11 is 0. The average molecular weight is 268 g/mol. The van der Waals surface area contributed by atoms with E-state index in [0.717, 1.165) is 38.6 Å². The van der Waals surface area contributed by atoms with Gasteiger partial charge >= 0.3 is 6.01 Å². The zero-order chi connectivity index (χ0) is 13.7. The number of hydrogen-bond acceptors (Lipinski definition) is 6. The van der Waals surface area contributed by atoms with Gasteiger partial charge in [-0.25, -0.2) is 0 Å². The molecule has 1 aromatic heterocycles. The monoisotopic (exact) mass is 268 g/mol. The van der Waals surface area contributed by atoms with E-state index in [4.69, 9.17) is 4.42 Å². The van der Waals surface area contributed by atoms with Gasteiger partial charge in [0.05, 0.1) is 18.7 Å². The fraction of sp³-hybridized carbons (Fsp3) is 0.846. The van der Waals surface area contributed by atoms with Gasteiger partial charge < -0.3 is 19.7 Å². The van der Waals surface area contributed by atoms with Crippen molar-refractivity contribution in [1.29, 1.82) is 0 Å². The SMILES string of the molecule is CCCNCc1nnc(N(C)CC2(O)CCCC2)o1. The summed E-state index contributed by atoms with van der Waals surface area (Å²) in [5, 5.41) is 21.6. The zero-order valence-corrected chi connectivity index (χ0v) is 11.9. The van der Waals surface area contributed by atoms with Crippen LogP contribution in [0, 0.1) is 0 Å². The molecule has 1 saturated carbocycles. The highest BCUT2D eigenvalue weighted by atomic mass is 16.4. The molecular weight excluding hydrogens is 244 g/mol. The normalized spacial score (nSPS) is 17.8. The molecule has 2 rings (SSSR count). The predicted octanol–water partition coefficient (Wildman–Crippen LogP) is 1.31. The molecule has 0 amide bonds. The van der Waals surface area contributed by atoms with Crippen molar-refractivity contribution in [1.82, 2.24) is 15.5 Å². The third-order valence-electron chi connectivity index (χ3n) is 3.55. The molecule has 0 spiro atoms. The van der Waals surface area contributed by atoms with Crippen molar-refractivity contribution in [2.45, 2.75) is 51.2 Å². The minimum absolute atomic E-state index is 0.480. The van der Waals surface area contributed by atoms with Crippen molar-refractivity contribution in [3.8, 4) is 0 Å². The van der Waals surface area contributed by atoms with E-state index in [9.17, 15) is 5.11 Å². The van der Waals surface area contributed by atoms with Gasteiger partial charge in [-0.1, -0.05) is 24.9 Å². The van der Waals surface area contributed by atoms with Gasteiger partial charge in [0.25, 0.3) is 0 Å². The maximum atomic E-state index is 10.4. The fourth-order valence-corrected chi connectivity index (χ4v) is 2.54. The van der Waals surface area contributed by atoms with Crippen molar-refractivity contribution < 1.29 is 9.52 Å². The summed E-state index contributed by atoms with van der Waals surface area (Å²) in [7, 11) is 1.88. The highest BCUT2D eigenvalue weighted by Crippen LogP contribution is 2.30. The molecule has 1 heterocycles. The predicted molar refractivity (Wildman–Crippen MR) is 73.0 cm³/mol. The molecule has 0 bridgehead atoms. The second kappa shape index (κ2) is 6.34. The molecular formula is C13H24N4O2. The number of aromatic nitrogens is 2. The van der Waals surface area contributed by atoms with Crippen LogP contribution in [0.25, 0.3) is 0 Å². The second-order valence-electron chi connectivity index (χ2n) is 5.44. The van der Waals surface area contributed by atoms with E-state index in [1.807, 2.05) is 11.9 Å². The van der Waals surface area contributed by atoms with E-state index < -0.39 is 5.60 Å². The van der Waals surface area contributed by atoms with Crippen molar-refractivity contribution in [2.24, 2.45) is 0 Å². The van der Waals surface area contributed by atoms with Crippen LogP contribution >= 0.6 is 0 Å². The topological polar surface area (TPSA) is 74.4 Å². The summed E-state index contributed by atoms with van der Waals surface area (Å²) in [6, 6.07) is 0.480. The van der Waals surface area contributed by atoms with Gasteiger partial charge in [-0.3, -0.25) is 0 Å². The standard InChI is InChI=1S/C13H24N4O2/c1-3-8-14-9-11-15-16-12(19-11)17(2)10-13(18)6-4-5-7-13/h14,18H,3-10H2,1-2H3. The molecule has 1 aromatic rings. The van der Waals surface area contributed by atoms with Crippen molar-refractivity contribution in [3.63, 3.8) is 0 Å². The number of nitrogens with zero attached hydrogens (tertiary/aromatic N) is 3. The molecule has 19 heavy (non-hydrogen) atoms. The second-order valence-corrected chi connectivity index (χ2v) is 5.44. The van der Waals surface area contributed by atoms with Crippen molar-refractivity contribution in [2.75, 3.05) is 25.0 Å². The Hall–Kier alpha value is -1.14. The molecule has 108 valence electrons. The van der Waals surface area contributed by atoms with Crippen LogP contribution in [-0.2, 0) is 6.54 Å². The van der Waals surface area contributed by atoms with E-state index in [1.165, 1.54) is 0 Å². The molecule has 0 radical (unpaired) electrons. The van der Waals surface area contributed by atoms with E-state index >= 15 is 0 Å². The Morgan fingerprint density at radius 2 is 2.11 bits per heavy atom. The van der Waals surface area contributed by atoms with E-state index in [1.54, 1.807) is 0 Å². The van der Waals surface area contributed by atoms with Gasteiger partial charge in [0.1, 0.15) is 0 Å². The maximum Gasteiger partial charge on any atom is 0.318 e. The summed E-state index contributed by atoms with van der Waals surface area (Å²) < 4.78 is 5.58. The number of likely N-dealkylation sites (N-methyl/N-ethyl adjacent to an activating group) is 1. The van der Waals surface area contributed by atoms with Gasteiger partial charge in [0.15, 0.2) is 0 Å². The lowest BCUT2D eigenvalue weighted by molar-refractivity contribution is 0.0549. The zero-order valence-electron chi connectivity index (χ0n) is 11.9. The molecule has 0 atom stereocenters. The summed E-state index contributed by atoms with van der Waals surface area (Å²) in [5.41, 5.74) is -0.593. The Kier molecular flexibility index (Phi) is 4.76. The first-order chi connectivity index (χ1) is 9.13. The molecule has 0 aliphatic heterocycles. The maximum absolute atomic E-state index is 10.4. The van der Waals surface area contributed by atoms with Gasteiger partial charge in [0.2, 0.25) is 5.89 Å². The van der Waals surface area contributed by atoms with Crippen molar-refractivity contribution >= 4 is 6.01 Å². The molecule has 0 saturated heterocycles. The van der Waals surface area contributed by atoms with Gasteiger partial charge in [-0.05, 0) is 25.8 Å². The Balaban J connectivity index is 1.86. The lowest BCUT2D eigenvalue weighted by Gasteiger charge is -2.27.